The van der Waals surface area contributed by atoms with Gasteiger partial charge in [-0.25, -0.2) is 0 Å². The van der Waals surface area contributed by atoms with Crippen LogP contribution in [0.5, 0.6) is 0 Å². The summed E-state index contributed by atoms with van der Waals surface area (Å²) in [7, 11) is 0. The molecular formula is C18H32O3. The van der Waals surface area contributed by atoms with Crippen molar-refractivity contribution in [1.82, 2.24) is 0 Å². The van der Waals surface area contributed by atoms with E-state index in [4.69, 9.17) is 4.74 Å². The molecule has 122 valence electrons. The van der Waals surface area contributed by atoms with E-state index in [-0.39, 0.29) is 30.3 Å². The highest BCUT2D eigenvalue weighted by atomic mass is 16.5. The van der Waals surface area contributed by atoms with Crippen LogP contribution in [0.3, 0.4) is 0 Å². The fourth-order valence-electron chi connectivity index (χ4n) is 5.20. The van der Waals surface area contributed by atoms with Crippen molar-refractivity contribution < 1.29 is 14.9 Å². The second kappa shape index (κ2) is 6.55. The predicted octanol–water partition coefficient (Wildman–Crippen LogP) is 3.42. The molecule has 3 fully saturated rings. The lowest BCUT2D eigenvalue weighted by molar-refractivity contribution is -0.0983. The first-order valence-electron chi connectivity index (χ1n) is 9.12. The standard InChI is InChI=1S/C18H32O3/c19-13-17(14-20,15-6-2-3-7-15)12-16-8-11-18(21-16)9-4-1-5-10-18/h15-16,19-20H,1-14H2. The molecule has 0 bridgehead atoms. The van der Waals surface area contributed by atoms with E-state index in [1.54, 1.807) is 0 Å². The summed E-state index contributed by atoms with van der Waals surface area (Å²) in [5.74, 6) is 0.485. The van der Waals surface area contributed by atoms with E-state index in [1.807, 2.05) is 0 Å². The SMILES string of the molecule is OCC(CO)(CC1CCC2(CCCCC2)O1)C1CCCC1. The fraction of sp³-hybridized carbons (Fsp3) is 1.00. The fourth-order valence-corrected chi connectivity index (χ4v) is 5.20. The van der Waals surface area contributed by atoms with Gasteiger partial charge in [0.05, 0.1) is 24.9 Å². The van der Waals surface area contributed by atoms with Gasteiger partial charge in [0.2, 0.25) is 0 Å². The van der Waals surface area contributed by atoms with E-state index < -0.39 is 0 Å². The van der Waals surface area contributed by atoms with Crippen LogP contribution in [-0.2, 0) is 4.74 Å². The minimum absolute atomic E-state index is 0.112. The summed E-state index contributed by atoms with van der Waals surface area (Å²) in [6.45, 7) is 0.224. The highest BCUT2D eigenvalue weighted by Gasteiger charge is 2.46. The summed E-state index contributed by atoms with van der Waals surface area (Å²) in [6, 6.07) is 0. The van der Waals surface area contributed by atoms with Crippen molar-refractivity contribution in [3.8, 4) is 0 Å². The first-order chi connectivity index (χ1) is 10.2. The van der Waals surface area contributed by atoms with Gasteiger partial charge in [0, 0.05) is 5.41 Å². The summed E-state index contributed by atoms with van der Waals surface area (Å²) < 4.78 is 6.49. The second-order valence-electron chi connectivity index (χ2n) is 7.89. The van der Waals surface area contributed by atoms with E-state index in [9.17, 15) is 10.2 Å². The molecule has 0 aromatic heterocycles. The lowest BCUT2D eigenvalue weighted by Gasteiger charge is -2.39. The minimum Gasteiger partial charge on any atom is -0.396 e. The molecule has 2 aliphatic carbocycles. The Morgan fingerprint density at radius 1 is 0.857 bits per heavy atom. The summed E-state index contributed by atoms with van der Waals surface area (Å²) in [5.41, 5.74) is -0.156. The van der Waals surface area contributed by atoms with Gasteiger partial charge in [-0.05, 0) is 50.9 Å². The molecule has 0 aromatic carbocycles. The third-order valence-corrected chi connectivity index (χ3v) is 6.59. The molecule has 3 aliphatic rings. The third kappa shape index (κ3) is 3.16. The molecule has 1 spiro atoms. The molecular weight excluding hydrogens is 264 g/mol. The molecule has 3 rings (SSSR count). The smallest absolute Gasteiger partial charge is 0.0687 e. The van der Waals surface area contributed by atoms with Gasteiger partial charge < -0.3 is 14.9 Å². The van der Waals surface area contributed by atoms with Crippen LogP contribution in [0.1, 0.15) is 77.0 Å². The number of hydrogen-bond acceptors (Lipinski definition) is 3. The summed E-state index contributed by atoms with van der Waals surface area (Å²) in [5, 5.41) is 20.0. The molecule has 3 heteroatoms. The summed E-state index contributed by atoms with van der Waals surface area (Å²) in [4.78, 5) is 0. The Morgan fingerprint density at radius 3 is 2.14 bits per heavy atom. The quantitative estimate of drug-likeness (QED) is 0.817. The molecule has 0 aromatic rings. The maximum Gasteiger partial charge on any atom is 0.0687 e. The van der Waals surface area contributed by atoms with E-state index >= 15 is 0 Å². The van der Waals surface area contributed by atoms with Crippen LogP contribution in [0, 0.1) is 11.3 Å². The average Bonchev–Trinajstić information content (AvgIpc) is 3.17. The van der Waals surface area contributed by atoms with Gasteiger partial charge in [0.15, 0.2) is 0 Å². The number of hydrogen-bond donors (Lipinski definition) is 2. The van der Waals surface area contributed by atoms with E-state index in [0.717, 1.165) is 12.8 Å². The van der Waals surface area contributed by atoms with Gasteiger partial charge >= 0.3 is 0 Å². The van der Waals surface area contributed by atoms with E-state index in [1.165, 1.54) is 64.2 Å². The first-order valence-corrected chi connectivity index (χ1v) is 9.12. The average molecular weight is 296 g/mol. The van der Waals surface area contributed by atoms with Gasteiger partial charge in [-0.15, -0.1) is 0 Å². The Kier molecular flexibility index (Phi) is 4.92. The number of aliphatic hydroxyl groups is 2. The molecule has 0 radical (unpaired) electrons. The zero-order chi connectivity index (χ0) is 14.8. The monoisotopic (exact) mass is 296 g/mol. The van der Waals surface area contributed by atoms with Crippen LogP contribution in [0.25, 0.3) is 0 Å². The lowest BCUT2D eigenvalue weighted by atomic mass is 9.71. The molecule has 3 nitrogen and oxygen atoms in total. The van der Waals surface area contributed by atoms with Crippen LogP contribution in [-0.4, -0.2) is 35.1 Å². The van der Waals surface area contributed by atoms with Crippen LogP contribution in [0.4, 0.5) is 0 Å². The van der Waals surface area contributed by atoms with Crippen molar-refractivity contribution in [2.45, 2.75) is 88.8 Å². The normalized spacial score (nSPS) is 30.3. The largest absolute Gasteiger partial charge is 0.396 e. The lowest BCUT2D eigenvalue weighted by Crippen LogP contribution is -2.41. The minimum atomic E-state index is -0.304. The van der Waals surface area contributed by atoms with Crippen LogP contribution in [0.15, 0.2) is 0 Å². The van der Waals surface area contributed by atoms with Crippen molar-refractivity contribution in [3.05, 3.63) is 0 Å². The number of rotatable bonds is 5. The molecule has 1 heterocycles. The zero-order valence-corrected chi connectivity index (χ0v) is 13.4. The highest BCUT2D eigenvalue weighted by Crippen LogP contribution is 2.48. The van der Waals surface area contributed by atoms with Crippen molar-refractivity contribution in [3.63, 3.8) is 0 Å². The Bertz CT molecular complexity index is 325. The van der Waals surface area contributed by atoms with E-state index in [0.29, 0.717) is 5.92 Å². The molecule has 2 N–H and O–H groups in total. The maximum absolute atomic E-state index is 9.98. The van der Waals surface area contributed by atoms with Crippen molar-refractivity contribution in [1.29, 1.82) is 0 Å². The number of ether oxygens (including phenoxy) is 1. The summed E-state index contributed by atoms with van der Waals surface area (Å²) in [6.07, 6.45) is 14.7. The Labute approximate surface area is 129 Å². The van der Waals surface area contributed by atoms with Gasteiger partial charge in [-0.3, -0.25) is 0 Å². The second-order valence-corrected chi connectivity index (χ2v) is 7.89. The van der Waals surface area contributed by atoms with Gasteiger partial charge in [-0.1, -0.05) is 32.1 Å². The van der Waals surface area contributed by atoms with Crippen molar-refractivity contribution in [2.24, 2.45) is 11.3 Å². The van der Waals surface area contributed by atoms with Gasteiger partial charge in [0.1, 0.15) is 0 Å². The Morgan fingerprint density at radius 2 is 1.52 bits per heavy atom. The molecule has 1 unspecified atom stereocenters. The van der Waals surface area contributed by atoms with Gasteiger partial charge in [0.25, 0.3) is 0 Å². The van der Waals surface area contributed by atoms with Gasteiger partial charge in [-0.2, -0.15) is 0 Å². The topological polar surface area (TPSA) is 49.7 Å². The first kappa shape index (κ1) is 15.8. The Balaban J connectivity index is 1.63. The molecule has 2 saturated carbocycles. The van der Waals surface area contributed by atoms with Crippen LogP contribution < -0.4 is 0 Å². The zero-order valence-electron chi connectivity index (χ0n) is 13.4. The third-order valence-electron chi connectivity index (χ3n) is 6.59. The van der Waals surface area contributed by atoms with Crippen LogP contribution >= 0.6 is 0 Å². The highest BCUT2D eigenvalue weighted by molar-refractivity contribution is 4.96. The summed E-state index contributed by atoms with van der Waals surface area (Å²) >= 11 is 0. The molecule has 21 heavy (non-hydrogen) atoms. The predicted molar refractivity (Wildman–Crippen MR) is 83.1 cm³/mol. The molecule has 1 atom stereocenters. The maximum atomic E-state index is 9.98. The molecule has 0 amide bonds. The van der Waals surface area contributed by atoms with Crippen molar-refractivity contribution >= 4 is 0 Å². The number of aliphatic hydroxyl groups excluding tert-OH is 2. The van der Waals surface area contributed by atoms with Crippen molar-refractivity contribution in [2.75, 3.05) is 13.2 Å². The molecule has 1 aliphatic heterocycles. The molecule has 1 saturated heterocycles. The van der Waals surface area contributed by atoms with E-state index in [2.05, 4.69) is 0 Å². The van der Waals surface area contributed by atoms with Crippen LogP contribution in [0.2, 0.25) is 0 Å². The Hall–Kier alpha value is -0.120.